The maximum atomic E-state index is 12.9. The smallest absolute Gasteiger partial charge is 0.422 e. The van der Waals surface area contributed by atoms with Gasteiger partial charge in [-0.15, -0.1) is 0 Å². The summed E-state index contributed by atoms with van der Waals surface area (Å²) in [7, 11) is 0. The molecule has 0 bridgehead atoms. The Morgan fingerprint density at radius 1 is 0.800 bits per heavy atom. The minimum absolute atomic E-state index is 0.0520. The minimum Gasteiger partial charge on any atom is -0.454 e. The van der Waals surface area contributed by atoms with E-state index in [-0.39, 0.29) is 25.0 Å². The van der Waals surface area contributed by atoms with E-state index in [0.717, 1.165) is 5.56 Å². The van der Waals surface area contributed by atoms with E-state index in [2.05, 4.69) is 46.5 Å². The summed E-state index contributed by atoms with van der Waals surface area (Å²) in [4.78, 5) is 53.4. The van der Waals surface area contributed by atoms with Crippen LogP contribution in [0.4, 0.5) is 36.4 Å². The number of hydrogen-bond acceptors (Lipinski definition) is 10. The Morgan fingerprint density at radius 3 is 2.08 bits per heavy atom. The number of carbonyl (C=O) groups is 3. The Balaban J connectivity index is 1.18. The van der Waals surface area contributed by atoms with Gasteiger partial charge in [-0.1, -0.05) is 49.7 Å². The molecule has 50 heavy (non-hydrogen) atoms. The molecular weight excluding hydrogens is 679 g/mol. The van der Waals surface area contributed by atoms with Gasteiger partial charge in [0.25, 0.3) is 5.91 Å². The molecule has 2 aromatic heterocycles. The van der Waals surface area contributed by atoms with Gasteiger partial charge in [0.2, 0.25) is 11.9 Å². The SMILES string of the molecule is CC(C)(CNC(=O)C(=O)Nc1ccncc1)CNC(=O)c1ccc(Nc2nc(NC3(c4ccc(Cl)cc4)C=C3)nc(OCC(F)(F)F)n2)cc1. The lowest BCUT2D eigenvalue weighted by molar-refractivity contribution is -0.154. The summed E-state index contributed by atoms with van der Waals surface area (Å²) in [6.07, 6.45) is 2.00. The summed E-state index contributed by atoms with van der Waals surface area (Å²) in [5.74, 6) is -2.22. The number of benzene rings is 2. The van der Waals surface area contributed by atoms with Crippen molar-refractivity contribution >= 4 is 52.6 Å². The molecule has 0 spiro atoms. The third kappa shape index (κ3) is 10.1. The zero-order chi connectivity index (χ0) is 35.9. The van der Waals surface area contributed by atoms with Gasteiger partial charge in [0.15, 0.2) is 6.61 Å². The number of amides is 3. The number of anilines is 4. The molecule has 5 N–H and O–H groups in total. The largest absolute Gasteiger partial charge is 0.454 e. The Labute approximate surface area is 289 Å². The molecule has 2 aromatic carbocycles. The molecule has 0 unspecified atom stereocenters. The molecule has 0 aliphatic heterocycles. The Kier molecular flexibility index (Phi) is 10.5. The van der Waals surface area contributed by atoms with Crippen molar-refractivity contribution in [2.45, 2.75) is 25.6 Å². The normalized spacial score (nSPS) is 13.2. The van der Waals surface area contributed by atoms with Crippen molar-refractivity contribution < 1.29 is 32.3 Å². The highest BCUT2D eigenvalue weighted by molar-refractivity contribution is 6.39. The van der Waals surface area contributed by atoms with Gasteiger partial charge in [0.05, 0.1) is 0 Å². The van der Waals surface area contributed by atoms with E-state index in [1.165, 1.54) is 24.5 Å². The van der Waals surface area contributed by atoms with E-state index < -0.39 is 47.5 Å². The zero-order valence-electron chi connectivity index (χ0n) is 26.6. The van der Waals surface area contributed by atoms with Crippen LogP contribution in [0.25, 0.3) is 0 Å². The van der Waals surface area contributed by atoms with Gasteiger partial charge in [-0.25, -0.2) is 0 Å². The van der Waals surface area contributed by atoms with Gasteiger partial charge in [0, 0.05) is 47.4 Å². The van der Waals surface area contributed by atoms with Crippen LogP contribution in [-0.2, 0) is 15.1 Å². The van der Waals surface area contributed by atoms with Gasteiger partial charge in [-0.05, 0) is 59.5 Å². The first-order valence-electron chi connectivity index (χ1n) is 15.0. The monoisotopic (exact) mass is 709 g/mol. The van der Waals surface area contributed by atoms with Crippen molar-refractivity contribution in [3.63, 3.8) is 0 Å². The summed E-state index contributed by atoms with van der Waals surface area (Å²) in [6, 6.07) is 15.7. The van der Waals surface area contributed by atoms with Crippen molar-refractivity contribution in [3.05, 3.63) is 101 Å². The van der Waals surface area contributed by atoms with E-state index in [4.69, 9.17) is 16.3 Å². The Hall–Kier alpha value is -5.77. The molecule has 4 aromatic rings. The summed E-state index contributed by atoms with van der Waals surface area (Å²) in [6.45, 7) is 2.29. The van der Waals surface area contributed by atoms with Gasteiger partial charge in [-0.3, -0.25) is 19.4 Å². The molecule has 1 aliphatic carbocycles. The lowest BCUT2D eigenvalue weighted by Crippen LogP contribution is -2.44. The number of pyridine rings is 1. The van der Waals surface area contributed by atoms with Gasteiger partial charge in [-0.2, -0.15) is 28.1 Å². The molecule has 13 nitrogen and oxygen atoms in total. The number of halogens is 4. The van der Waals surface area contributed by atoms with E-state index in [0.29, 0.717) is 22.0 Å². The summed E-state index contributed by atoms with van der Waals surface area (Å²) >= 11 is 6.00. The van der Waals surface area contributed by atoms with Crippen LogP contribution in [0.1, 0.15) is 29.8 Å². The van der Waals surface area contributed by atoms with Crippen LogP contribution in [0.2, 0.25) is 5.02 Å². The number of hydrogen-bond donors (Lipinski definition) is 5. The number of ether oxygens (including phenoxy) is 1. The summed E-state index contributed by atoms with van der Waals surface area (Å²) < 4.78 is 43.5. The average molecular weight is 710 g/mol. The minimum atomic E-state index is -4.62. The lowest BCUT2D eigenvalue weighted by Gasteiger charge is -2.25. The molecule has 0 atom stereocenters. The number of aromatic nitrogens is 4. The topological polar surface area (TPSA) is 172 Å². The third-order valence-corrected chi connectivity index (χ3v) is 7.37. The highest BCUT2D eigenvalue weighted by atomic mass is 35.5. The standard InChI is InChI=1S/C33H31ClF3N9O4/c1-31(2,18-40-26(48)27(49)41-24-11-15-38-16-12-24)17-39-25(47)20-3-9-23(10-4-20)42-28-43-29(45-30(44-28)50-19-33(35,36)37)46-32(13-14-32)21-5-7-22(34)8-6-21/h3-16H,17-19H2,1-2H3,(H,39,47)(H,40,48)(H,38,41,49)(H2,42,43,44,45,46). The number of alkyl halides is 3. The number of carbonyl (C=O) groups excluding carboxylic acids is 3. The molecule has 2 heterocycles. The second-order valence-electron chi connectivity index (χ2n) is 11.9. The molecule has 0 fully saturated rings. The first-order valence-corrected chi connectivity index (χ1v) is 15.4. The fourth-order valence-electron chi connectivity index (χ4n) is 4.36. The van der Waals surface area contributed by atoms with Crippen molar-refractivity contribution in [1.82, 2.24) is 30.6 Å². The number of nitrogens with zero attached hydrogens (tertiary/aromatic N) is 4. The second-order valence-corrected chi connectivity index (χ2v) is 12.4. The maximum Gasteiger partial charge on any atom is 0.422 e. The average Bonchev–Trinajstić information content (AvgIpc) is 3.86. The second kappa shape index (κ2) is 14.8. The fraction of sp³-hybridized carbons (Fsp3) is 0.242. The van der Waals surface area contributed by atoms with Crippen molar-refractivity contribution in [1.29, 1.82) is 0 Å². The predicted molar refractivity (Wildman–Crippen MR) is 179 cm³/mol. The van der Waals surface area contributed by atoms with Gasteiger partial charge >= 0.3 is 24.0 Å². The van der Waals surface area contributed by atoms with Crippen LogP contribution in [-0.4, -0.2) is 63.5 Å². The van der Waals surface area contributed by atoms with Crippen LogP contribution in [0.3, 0.4) is 0 Å². The molecule has 3 amide bonds. The molecule has 1 aliphatic rings. The quantitative estimate of drug-likeness (QED) is 0.0941. The zero-order valence-corrected chi connectivity index (χ0v) is 27.4. The fourth-order valence-corrected chi connectivity index (χ4v) is 4.49. The highest BCUT2D eigenvalue weighted by Crippen LogP contribution is 2.39. The predicted octanol–water partition coefficient (Wildman–Crippen LogP) is 4.99. The van der Waals surface area contributed by atoms with E-state index >= 15 is 0 Å². The van der Waals surface area contributed by atoms with Crippen LogP contribution < -0.4 is 31.3 Å². The van der Waals surface area contributed by atoms with E-state index in [9.17, 15) is 27.6 Å². The molecule has 260 valence electrons. The van der Waals surface area contributed by atoms with Crippen LogP contribution in [0.5, 0.6) is 6.01 Å². The Bertz CT molecular complexity index is 1870. The van der Waals surface area contributed by atoms with E-state index in [1.807, 2.05) is 26.0 Å². The highest BCUT2D eigenvalue weighted by Gasteiger charge is 2.37. The van der Waals surface area contributed by atoms with Gasteiger partial charge in [0.1, 0.15) is 5.54 Å². The maximum absolute atomic E-state index is 12.9. The molecule has 5 rings (SSSR count). The summed E-state index contributed by atoms with van der Waals surface area (Å²) in [5, 5.41) is 14.4. The molecule has 17 heteroatoms. The number of rotatable bonds is 13. The van der Waals surface area contributed by atoms with Crippen molar-refractivity contribution in [2.24, 2.45) is 5.41 Å². The van der Waals surface area contributed by atoms with Crippen LogP contribution in [0.15, 0.2) is 85.2 Å². The van der Waals surface area contributed by atoms with Crippen molar-refractivity contribution in [3.8, 4) is 6.01 Å². The van der Waals surface area contributed by atoms with Crippen LogP contribution in [0, 0.1) is 5.41 Å². The van der Waals surface area contributed by atoms with Gasteiger partial charge < -0.3 is 31.3 Å². The van der Waals surface area contributed by atoms with Crippen molar-refractivity contribution in [2.75, 3.05) is 35.6 Å². The Morgan fingerprint density at radius 2 is 1.44 bits per heavy atom. The summed E-state index contributed by atoms with van der Waals surface area (Å²) in [5.41, 5.74) is 0.587. The first-order chi connectivity index (χ1) is 23.7. The number of nitrogens with one attached hydrogen (secondary N) is 5. The molecule has 0 radical (unpaired) electrons. The first kappa shape index (κ1) is 35.5. The third-order valence-electron chi connectivity index (χ3n) is 7.12. The lowest BCUT2D eigenvalue weighted by atomic mass is 9.93. The van der Waals surface area contributed by atoms with E-state index in [1.54, 1.807) is 48.5 Å². The molecule has 0 saturated carbocycles. The van der Waals surface area contributed by atoms with Crippen LogP contribution >= 0.6 is 11.6 Å². The molecular formula is C33H31ClF3N9O4. The molecule has 0 saturated heterocycles.